The average molecular weight is 166 g/mol. The summed E-state index contributed by atoms with van der Waals surface area (Å²) in [5, 5.41) is 0. The Morgan fingerprint density at radius 2 is 2.08 bits per heavy atom. The second-order valence-corrected chi connectivity index (χ2v) is 3.93. The fourth-order valence-electron chi connectivity index (χ4n) is 1.78. The fourth-order valence-corrected chi connectivity index (χ4v) is 1.78. The molecule has 1 aliphatic rings. The first-order valence-corrected chi connectivity index (χ1v) is 4.84. The van der Waals surface area contributed by atoms with Crippen LogP contribution in [0.1, 0.15) is 45.4 Å². The molecule has 0 aliphatic heterocycles. The highest BCUT2D eigenvalue weighted by Gasteiger charge is 2.15. The van der Waals surface area contributed by atoms with E-state index in [1.54, 1.807) is 6.92 Å². The van der Waals surface area contributed by atoms with E-state index in [2.05, 4.69) is 6.58 Å². The number of hydrogen-bond donors (Lipinski definition) is 0. The molecule has 0 bridgehead atoms. The maximum Gasteiger partial charge on any atom is 0.129 e. The van der Waals surface area contributed by atoms with Gasteiger partial charge in [-0.2, -0.15) is 0 Å². The highest BCUT2D eigenvalue weighted by molar-refractivity contribution is 5.75. The zero-order chi connectivity index (χ0) is 8.97. The van der Waals surface area contributed by atoms with Crippen molar-refractivity contribution in [2.45, 2.75) is 45.4 Å². The number of ketones is 1. The maximum atomic E-state index is 10.7. The summed E-state index contributed by atoms with van der Waals surface area (Å²) in [6.07, 6.45) is 6.75. The van der Waals surface area contributed by atoms with Crippen LogP contribution in [0, 0.1) is 5.92 Å². The Hall–Kier alpha value is -0.590. The molecule has 1 heteroatoms. The Bertz CT molecular complexity index is 171. The first-order valence-electron chi connectivity index (χ1n) is 4.84. The standard InChI is InChI=1S/C11H18O/c1-9-3-6-11(7-4-9)8-5-10(2)12/h11H,1,3-8H2,2H3. The minimum absolute atomic E-state index is 0.333. The predicted octanol–water partition coefficient (Wildman–Crippen LogP) is 3.10. The average Bonchev–Trinajstić information content (AvgIpc) is 2.03. The summed E-state index contributed by atoms with van der Waals surface area (Å²) in [4.78, 5) is 10.7. The SMILES string of the molecule is C=C1CCC(CCC(C)=O)CC1. The van der Waals surface area contributed by atoms with E-state index in [0.29, 0.717) is 5.78 Å². The molecule has 0 heterocycles. The smallest absolute Gasteiger partial charge is 0.129 e. The van der Waals surface area contributed by atoms with Gasteiger partial charge in [-0.3, -0.25) is 0 Å². The summed E-state index contributed by atoms with van der Waals surface area (Å²) < 4.78 is 0. The van der Waals surface area contributed by atoms with E-state index in [1.807, 2.05) is 0 Å². The van der Waals surface area contributed by atoms with Gasteiger partial charge in [0.1, 0.15) is 5.78 Å². The van der Waals surface area contributed by atoms with Gasteiger partial charge >= 0.3 is 0 Å². The Labute approximate surface area is 74.9 Å². The predicted molar refractivity (Wildman–Crippen MR) is 51.0 cm³/mol. The lowest BCUT2D eigenvalue weighted by Crippen LogP contribution is -2.08. The number of hydrogen-bond acceptors (Lipinski definition) is 1. The van der Waals surface area contributed by atoms with Gasteiger partial charge in [0.2, 0.25) is 0 Å². The minimum atomic E-state index is 0.333. The summed E-state index contributed by atoms with van der Waals surface area (Å²) in [6, 6.07) is 0. The second-order valence-electron chi connectivity index (χ2n) is 3.93. The van der Waals surface area contributed by atoms with Crippen LogP contribution < -0.4 is 0 Å². The van der Waals surface area contributed by atoms with Gasteiger partial charge in [-0.15, -0.1) is 0 Å². The van der Waals surface area contributed by atoms with Crippen LogP contribution in [0.3, 0.4) is 0 Å². The zero-order valence-electron chi connectivity index (χ0n) is 7.94. The Morgan fingerprint density at radius 3 is 2.58 bits per heavy atom. The molecule has 0 aromatic heterocycles. The van der Waals surface area contributed by atoms with Crippen LogP contribution in [0.25, 0.3) is 0 Å². The normalized spacial score (nSPS) is 19.6. The van der Waals surface area contributed by atoms with E-state index in [1.165, 1.54) is 31.3 Å². The molecule has 1 aliphatic carbocycles. The molecule has 0 aromatic rings. The topological polar surface area (TPSA) is 17.1 Å². The molecular weight excluding hydrogens is 148 g/mol. The van der Waals surface area contributed by atoms with Crippen molar-refractivity contribution in [3.8, 4) is 0 Å². The summed E-state index contributed by atoms with van der Waals surface area (Å²) in [7, 11) is 0. The largest absolute Gasteiger partial charge is 0.300 e. The van der Waals surface area contributed by atoms with E-state index >= 15 is 0 Å². The molecule has 1 rings (SSSR count). The summed E-state index contributed by atoms with van der Waals surface area (Å²) in [6.45, 7) is 5.66. The quantitative estimate of drug-likeness (QED) is 0.589. The molecule has 1 nitrogen and oxygen atoms in total. The van der Waals surface area contributed by atoms with Crippen LogP contribution in [-0.4, -0.2) is 5.78 Å². The van der Waals surface area contributed by atoms with Crippen molar-refractivity contribution in [2.75, 3.05) is 0 Å². The maximum absolute atomic E-state index is 10.7. The Kier molecular flexibility index (Phi) is 3.51. The second kappa shape index (κ2) is 4.44. The summed E-state index contributed by atoms with van der Waals surface area (Å²) >= 11 is 0. The van der Waals surface area contributed by atoms with Gasteiger partial charge < -0.3 is 4.79 Å². The lowest BCUT2D eigenvalue weighted by molar-refractivity contribution is -0.117. The molecular formula is C11H18O. The van der Waals surface area contributed by atoms with Crippen molar-refractivity contribution in [1.82, 2.24) is 0 Å². The Morgan fingerprint density at radius 1 is 1.50 bits per heavy atom. The third-order valence-electron chi connectivity index (χ3n) is 2.72. The van der Waals surface area contributed by atoms with Crippen molar-refractivity contribution >= 4 is 5.78 Å². The van der Waals surface area contributed by atoms with E-state index in [9.17, 15) is 4.79 Å². The van der Waals surface area contributed by atoms with Gasteiger partial charge in [-0.1, -0.05) is 12.2 Å². The third-order valence-corrected chi connectivity index (χ3v) is 2.72. The van der Waals surface area contributed by atoms with Crippen LogP contribution in [0.4, 0.5) is 0 Å². The van der Waals surface area contributed by atoms with Gasteiger partial charge in [-0.05, 0) is 44.9 Å². The number of carbonyl (C=O) groups is 1. The van der Waals surface area contributed by atoms with Crippen molar-refractivity contribution in [1.29, 1.82) is 0 Å². The molecule has 12 heavy (non-hydrogen) atoms. The molecule has 0 amide bonds. The lowest BCUT2D eigenvalue weighted by Gasteiger charge is -2.22. The van der Waals surface area contributed by atoms with Crippen molar-refractivity contribution in [3.63, 3.8) is 0 Å². The molecule has 1 saturated carbocycles. The van der Waals surface area contributed by atoms with Gasteiger partial charge in [0.05, 0.1) is 0 Å². The van der Waals surface area contributed by atoms with E-state index < -0.39 is 0 Å². The minimum Gasteiger partial charge on any atom is -0.300 e. The van der Waals surface area contributed by atoms with Gasteiger partial charge in [0, 0.05) is 6.42 Å². The van der Waals surface area contributed by atoms with Gasteiger partial charge in [0.15, 0.2) is 0 Å². The summed E-state index contributed by atoms with van der Waals surface area (Å²) in [5.41, 5.74) is 1.40. The van der Waals surface area contributed by atoms with E-state index in [-0.39, 0.29) is 0 Å². The molecule has 0 spiro atoms. The van der Waals surface area contributed by atoms with Crippen LogP contribution in [-0.2, 0) is 4.79 Å². The van der Waals surface area contributed by atoms with Crippen molar-refractivity contribution < 1.29 is 4.79 Å². The van der Waals surface area contributed by atoms with Crippen molar-refractivity contribution in [2.24, 2.45) is 5.92 Å². The summed E-state index contributed by atoms with van der Waals surface area (Å²) in [5.74, 6) is 1.12. The fraction of sp³-hybridized carbons (Fsp3) is 0.727. The van der Waals surface area contributed by atoms with E-state index in [4.69, 9.17) is 0 Å². The van der Waals surface area contributed by atoms with Gasteiger partial charge in [-0.25, -0.2) is 0 Å². The van der Waals surface area contributed by atoms with Crippen LogP contribution >= 0.6 is 0 Å². The highest BCUT2D eigenvalue weighted by Crippen LogP contribution is 2.29. The first-order chi connectivity index (χ1) is 5.68. The number of allylic oxidation sites excluding steroid dienone is 1. The molecule has 1 fully saturated rings. The molecule has 0 saturated heterocycles. The van der Waals surface area contributed by atoms with Gasteiger partial charge in [0.25, 0.3) is 0 Å². The van der Waals surface area contributed by atoms with Crippen LogP contribution in [0.2, 0.25) is 0 Å². The molecule has 68 valence electrons. The zero-order valence-corrected chi connectivity index (χ0v) is 7.94. The number of carbonyl (C=O) groups excluding carboxylic acids is 1. The highest BCUT2D eigenvalue weighted by atomic mass is 16.1. The Balaban J connectivity index is 2.17. The lowest BCUT2D eigenvalue weighted by atomic mass is 9.83. The number of rotatable bonds is 3. The molecule has 0 atom stereocenters. The number of Topliss-reactive ketones (excluding diaryl/α,β-unsaturated/α-hetero) is 1. The van der Waals surface area contributed by atoms with Crippen LogP contribution in [0.15, 0.2) is 12.2 Å². The molecule has 0 unspecified atom stereocenters. The van der Waals surface area contributed by atoms with E-state index in [0.717, 1.165) is 18.8 Å². The third kappa shape index (κ3) is 3.21. The monoisotopic (exact) mass is 166 g/mol. The molecule has 0 N–H and O–H groups in total. The van der Waals surface area contributed by atoms with Crippen molar-refractivity contribution in [3.05, 3.63) is 12.2 Å². The molecule has 0 radical (unpaired) electrons. The first kappa shape index (κ1) is 9.50. The molecule has 0 aromatic carbocycles. The van der Waals surface area contributed by atoms with Crippen LogP contribution in [0.5, 0.6) is 0 Å².